The molecule has 2 aromatic heterocycles. The van der Waals surface area contributed by atoms with Gasteiger partial charge in [-0.15, -0.1) is 5.10 Å². The molecule has 0 unspecified atom stereocenters. The molecule has 1 amide bonds. The van der Waals surface area contributed by atoms with Gasteiger partial charge >= 0.3 is 0 Å². The number of anilines is 3. The third kappa shape index (κ3) is 3.68. The van der Waals surface area contributed by atoms with Gasteiger partial charge in [0, 0.05) is 32.2 Å². The van der Waals surface area contributed by atoms with E-state index in [1.54, 1.807) is 17.8 Å². The molecule has 3 N–H and O–H groups in total. The number of rotatable bonds is 2. The largest absolute Gasteiger partial charge is 0.495 e. The summed E-state index contributed by atoms with van der Waals surface area (Å²) in [5.41, 5.74) is 3.66. The number of carbonyl (C=O) groups excluding carboxylic acids is 1. The van der Waals surface area contributed by atoms with Crippen LogP contribution in [0.4, 0.5) is 17.2 Å². The van der Waals surface area contributed by atoms with Crippen LogP contribution in [0.25, 0.3) is 5.65 Å². The SMILES string of the molecule is CNc1cc2nn3c(cnc13)C(=O)N[C@H](C)CN(C)Cc1ccc(OC)c(c1)N2. The molecule has 29 heavy (non-hydrogen) atoms. The molecule has 0 fully saturated rings. The van der Waals surface area contributed by atoms with Crippen LogP contribution in [0.15, 0.2) is 30.5 Å². The highest BCUT2D eigenvalue weighted by Crippen LogP contribution is 2.30. The van der Waals surface area contributed by atoms with Crippen molar-refractivity contribution < 1.29 is 9.53 Å². The molecule has 0 saturated heterocycles. The Morgan fingerprint density at radius 1 is 1.31 bits per heavy atom. The van der Waals surface area contributed by atoms with Crippen LogP contribution in [0.1, 0.15) is 23.0 Å². The van der Waals surface area contributed by atoms with Crippen molar-refractivity contribution in [1.82, 2.24) is 24.8 Å². The van der Waals surface area contributed by atoms with Crippen molar-refractivity contribution >= 4 is 28.7 Å². The van der Waals surface area contributed by atoms with Gasteiger partial charge in [-0.1, -0.05) is 6.07 Å². The number of benzene rings is 1. The van der Waals surface area contributed by atoms with E-state index in [-0.39, 0.29) is 11.9 Å². The summed E-state index contributed by atoms with van der Waals surface area (Å²) in [6, 6.07) is 7.87. The molecule has 9 heteroatoms. The van der Waals surface area contributed by atoms with Crippen molar-refractivity contribution in [1.29, 1.82) is 0 Å². The first kappa shape index (κ1) is 19.0. The lowest BCUT2D eigenvalue weighted by atomic mass is 10.1. The van der Waals surface area contributed by atoms with E-state index >= 15 is 0 Å². The zero-order chi connectivity index (χ0) is 20.5. The second-order valence-electron chi connectivity index (χ2n) is 7.30. The highest BCUT2D eigenvalue weighted by atomic mass is 16.5. The fraction of sp³-hybridized carbons (Fsp3) is 0.350. The minimum Gasteiger partial charge on any atom is -0.495 e. The van der Waals surface area contributed by atoms with Crippen molar-refractivity contribution in [2.24, 2.45) is 0 Å². The average molecular weight is 395 g/mol. The monoisotopic (exact) mass is 395 g/mol. The van der Waals surface area contributed by atoms with Crippen molar-refractivity contribution in [3.8, 4) is 5.75 Å². The summed E-state index contributed by atoms with van der Waals surface area (Å²) in [7, 11) is 5.48. The molecule has 4 bridgehead atoms. The molecule has 1 aliphatic heterocycles. The fourth-order valence-corrected chi connectivity index (χ4v) is 3.64. The maximum atomic E-state index is 12.9. The number of amides is 1. The fourth-order valence-electron chi connectivity index (χ4n) is 3.64. The zero-order valence-corrected chi connectivity index (χ0v) is 17.0. The topological polar surface area (TPSA) is 95.8 Å². The summed E-state index contributed by atoms with van der Waals surface area (Å²) in [6.45, 7) is 3.44. The predicted octanol–water partition coefficient (Wildman–Crippen LogP) is 2.09. The van der Waals surface area contributed by atoms with E-state index in [1.807, 2.05) is 39.2 Å². The van der Waals surface area contributed by atoms with Gasteiger partial charge in [-0.3, -0.25) is 4.79 Å². The molecule has 0 saturated carbocycles. The minimum atomic E-state index is -0.210. The number of hydrogen-bond donors (Lipinski definition) is 3. The molecule has 1 aliphatic rings. The quantitative estimate of drug-likeness (QED) is 0.611. The van der Waals surface area contributed by atoms with Gasteiger partial charge in [0.2, 0.25) is 0 Å². The Bertz CT molecular complexity index is 1060. The summed E-state index contributed by atoms with van der Waals surface area (Å²) in [5, 5.41) is 14.1. The van der Waals surface area contributed by atoms with E-state index in [0.29, 0.717) is 29.5 Å². The van der Waals surface area contributed by atoms with Crippen LogP contribution in [-0.2, 0) is 6.54 Å². The summed E-state index contributed by atoms with van der Waals surface area (Å²) in [5.74, 6) is 1.08. The molecule has 0 radical (unpaired) electrons. The van der Waals surface area contributed by atoms with E-state index in [4.69, 9.17) is 4.74 Å². The van der Waals surface area contributed by atoms with E-state index in [1.165, 1.54) is 0 Å². The van der Waals surface area contributed by atoms with Crippen molar-refractivity contribution in [3.63, 3.8) is 0 Å². The zero-order valence-electron chi connectivity index (χ0n) is 17.0. The van der Waals surface area contributed by atoms with Crippen LogP contribution in [0.3, 0.4) is 0 Å². The van der Waals surface area contributed by atoms with Gasteiger partial charge in [-0.25, -0.2) is 9.50 Å². The number of carbonyl (C=O) groups is 1. The molecule has 3 aromatic rings. The number of methoxy groups -OCH3 is 1. The Morgan fingerprint density at radius 3 is 2.90 bits per heavy atom. The number of imidazole rings is 1. The second kappa shape index (κ2) is 7.59. The summed E-state index contributed by atoms with van der Waals surface area (Å²) in [4.78, 5) is 19.4. The summed E-state index contributed by atoms with van der Waals surface area (Å²) >= 11 is 0. The van der Waals surface area contributed by atoms with Crippen LogP contribution >= 0.6 is 0 Å². The Kier molecular flexibility index (Phi) is 4.98. The number of hydrogen-bond acceptors (Lipinski definition) is 7. The van der Waals surface area contributed by atoms with E-state index in [2.05, 4.69) is 37.0 Å². The normalized spacial score (nSPS) is 17.5. The number of ether oxygens (including phenoxy) is 1. The second-order valence-corrected chi connectivity index (χ2v) is 7.30. The average Bonchev–Trinajstić information content (AvgIpc) is 3.10. The molecule has 4 rings (SSSR count). The lowest BCUT2D eigenvalue weighted by Gasteiger charge is -2.23. The highest BCUT2D eigenvalue weighted by molar-refractivity contribution is 5.94. The van der Waals surface area contributed by atoms with Crippen LogP contribution in [-0.4, -0.2) is 59.2 Å². The van der Waals surface area contributed by atoms with Gasteiger partial charge in [0.25, 0.3) is 5.91 Å². The van der Waals surface area contributed by atoms with Gasteiger partial charge in [0.05, 0.1) is 24.7 Å². The van der Waals surface area contributed by atoms with Gasteiger partial charge in [-0.2, -0.15) is 0 Å². The van der Waals surface area contributed by atoms with Crippen molar-refractivity contribution in [2.75, 3.05) is 38.4 Å². The lowest BCUT2D eigenvalue weighted by Crippen LogP contribution is -2.41. The summed E-state index contributed by atoms with van der Waals surface area (Å²) < 4.78 is 7.08. The Balaban J connectivity index is 1.89. The van der Waals surface area contributed by atoms with Gasteiger partial charge in [-0.05, 0) is 31.7 Å². The maximum absolute atomic E-state index is 12.9. The van der Waals surface area contributed by atoms with E-state index in [9.17, 15) is 4.79 Å². The van der Waals surface area contributed by atoms with Gasteiger partial charge in [0.1, 0.15) is 5.75 Å². The van der Waals surface area contributed by atoms with Crippen LogP contribution < -0.4 is 20.7 Å². The molecule has 0 aliphatic carbocycles. The molecule has 3 heterocycles. The Hall–Kier alpha value is -3.33. The molecule has 1 atom stereocenters. The first-order valence-corrected chi connectivity index (χ1v) is 9.48. The standard InChI is InChI=1S/C20H25N7O2/c1-12-10-26(3)11-13-5-6-17(29-4)14(7-13)24-18-8-15(21-2)19-22-9-16(20(28)23-12)27(19)25-18/h5-9,12,21H,10-11H2,1-4H3,(H,23,28)(H,24,25)/t12-/m1/s1. The van der Waals surface area contributed by atoms with Crippen molar-refractivity contribution in [3.05, 3.63) is 41.7 Å². The molecular formula is C20H25N7O2. The number of nitrogens with zero attached hydrogens (tertiary/aromatic N) is 4. The molecule has 0 spiro atoms. The first-order valence-electron chi connectivity index (χ1n) is 9.48. The van der Waals surface area contributed by atoms with E-state index < -0.39 is 0 Å². The molecular weight excluding hydrogens is 370 g/mol. The Morgan fingerprint density at radius 2 is 2.14 bits per heavy atom. The highest BCUT2D eigenvalue weighted by Gasteiger charge is 2.20. The third-order valence-corrected chi connectivity index (χ3v) is 4.91. The van der Waals surface area contributed by atoms with Crippen LogP contribution in [0, 0.1) is 0 Å². The van der Waals surface area contributed by atoms with Crippen LogP contribution in [0.5, 0.6) is 5.75 Å². The van der Waals surface area contributed by atoms with Gasteiger partial charge < -0.3 is 25.6 Å². The number of fused-ring (bicyclic) bond motifs is 3. The smallest absolute Gasteiger partial charge is 0.271 e. The molecule has 152 valence electrons. The minimum absolute atomic E-state index is 0.0382. The molecule has 1 aromatic carbocycles. The lowest BCUT2D eigenvalue weighted by molar-refractivity contribution is 0.0924. The number of likely N-dealkylation sites (N-methyl/N-ethyl adjacent to an activating group) is 1. The van der Waals surface area contributed by atoms with E-state index in [0.717, 1.165) is 23.5 Å². The first-order chi connectivity index (χ1) is 14.0. The Labute approximate surface area is 169 Å². The van der Waals surface area contributed by atoms with Crippen LogP contribution in [0.2, 0.25) is 0 Å². The van der Waals surface area contributed by atoms with Crippen molar-refractivity contribution in [2.45, 2.75) is 19.5 Å². The van der Waals surface area contributed by atoms with Gasteiger partial charge in [0.15, 0.2) is 17.2 Å². The number of aromatic nitrogens is 3. The number of nitrogens with one attached hydrogen (secondary N) is 3. The predicted molar refractivity (Wildman–Crippen MR) is 112 cm³/mol. The molecule has 9 nitrogen and oxygen atoms in total. The third-order valence-electron chi connectivity index (χ3n) is 4.91. The maximum Gasteiger partial charge on any atom is 0.271 e. The summed E-state index contributed by atoms with van der Waals surface area (Å²) in [6.07, 6.45) is 1.55.